The predicted octanol–water partition coefficient (Wildman–Crippen LogP) is 6.92. The molecule has 0 radical (unpaired) electrons. The number of alkyl halides is 3. The van der Waals surface area contributed by atoms with Crippen LogP contribution in [0.2, 0.25) is 0 Å². The van der Waals surface area contributed by atoms with E-state index in [1.807, 2.05) is 36.4 Å². The first kappa shape index (κ1) is 35.8. The van der Waals surface area contributed by atoms with Crippen molar-refractivity contribution < 1.29 is 47.6 Å². The van der Waals surface area contributed by atoms with Gasteiger partial charge in [-0.1, -0.05) is 72.8 Å². The van der Waals surface area contributed by atoms with E-state index in [2.05, 4.69) is 47.4 Å². The summed E-state index contributed by atoms with van der Waals surface area (Å²) in [6.07, 6.45) is -1.02. The van der Waals surface area contributed by atoms with Crippen LogP contribution in [0.1, 0.15) is 49.7 Å². The van der Waals surface area contributed by atoms with Crippen LogP contribution in [0.3, 0.4) is 0 Å². The Bertz CT molecular complexity index is 1280. The van der Waals surface area contributed by atoms with Crippen LogP contribution in [0, 0.1) is 0 Å². The molecule has 0 saturated carbocycles. The van der Waals surface area contributed by atoms with E-state index in [0.29, 0.717) is 19.4 Å². The fourth-order valence-corrected chi connectivity index (χ4v) is 4.27. The minimum Gasteiger partial charge on any atom is -0.489 e. The summed E-state index contributed by atoms with van der Waals surface area (Å²) in [4.78, 5) is 32.9. The standard InChI is InChI=1S/C31H37NO5.C2HF3O2/c33-30(34)14-6-8-21-32(22-9-7-15-31(35)36)23-20-28-12-4-5-13-29(28)37-24-25-16-18-27(19-17-25)26-10-2-1-3-11-26;3-2(4,5)1(6)7/h1-5,10-13,16-19H,6-9,14-15,20-24H2,(H,33,34)(H,35,36);(H,6,7). The molecule has 0 heterocycles. The van der Waals surface area contributed by atoms with Gasteiger partial charge in [-0.15, -0.1) is 0 Å². The molecule has 0 aliphatic heterocycles. The summed E-state index contributed by atoms with van der Waals surface area (Å²) in [7, 11) is 0. The zero-order valence-electron chi connectivity index (χ0n) is 24.3. The molecular weight excluding hydrogens is 579 g/mol. The molecule has 0 fully saturated rings. The van der Waals surface area contributed by atoms with E-state index in [9.17, 15) is 22.8 Å². The van der Waals surface area contributed by atoms with Crippen molar-refractivity contribution in [3.05, 3.63) is 90.0 Å². The zero-order valence-corrected chi connectivity index (χ0v) is 24.3. The third kappa shape index (κ3) is 14.7. The molecule has 8 nitrogen and oxygen atoms in total. The highest BCUT2D eigenvalue weighted by molar-refractivity contribution is 5.73. The van der Waals surface area contributed by atoms with Crippen LogP contribution in [-0.4, -0.2) is 63.9 Å². The smallest absolute Gasteiger partial charge is 0.489 e. The van der Waals surface area contributed by atoms with Crippen molar-refractivity contribution in [3.8, 4) is 16.9 Å². The number of hydrogen-bond acceptors (Lipinski definition) is 5. The van der Waals surface area contributed by atoms with Gasteiger partial charge in [-0.3, -0.25) is 9.59 Å². The van der Waals surface area contributed by atoms with Gasteiger partial charge in [-0.25, -0.2) is 4.79 Å². The topological polar surface area (TPSA) is 124 Å². The Balaban J connectivity index is 0.000000860. The van der Waals surface area contributed by atoms with E-state index in [1.54, 1.807) is 0 Å². The highest BCUT2D eigenvalue weighted by Gasteiger charge is 2.38. The van der Waals surface area contributed by atoms with Crippen molar-refractivity contribution in [2.75, 3.05) is 19.6 Å². The lowest BCUT2D eigenvalue weighted by Crippen LogP contribution is -2.28. The molecule has 0 amide bonds. The zero-order chi connectivity index (χ0) is 32.4. The van der Waals surface area contributed by atoms with Crippen LogP contribution in [0.5, 0.6) is 5.75 Å². The largest absolute Gasteiger partial charge is 0.490 e. The number of halogens is 3. The second kappa shape index (κ2) is 19.0. The molecule has 0 aromatic heterocycles. The first-order valence-electron chi connectivity index (χ1n) is 14.3. The van der Waals surface area contributed by atoms with Gasteiger partial charge in [-0.2, -0.15) is 13.2 Å². The molecule has 238 valence electrons. The van der Waals surface area contributed by atoms with E-state index >= 15 is 0 Å². The number of benzene rings is 3. The van der Waals surface area contributed by atoms with E-state index in [4.69, 9.17) is 24.9 Å². The molecule has 0 atom stereocenters. The summed E-state index contributed by atoms with van der Waals surface area (Å²) in [6, 6.07) is 26.8. The number of carbonyl (C=O) groups is 3. The van der Waals surface area contributed by atoms with Crippen LogP contribution in [0.4, 0.5) is 13.2 Å². The summed E-state index contributed by atoms with van der Waals surface area (Å²) >= 11 is 0. The normalized spacial score (nSPS) is 11.0. The summed E-state index contributed by atoms with van der Waals surface area (Å²) in [5.74, 6) is -3.43. The average molecular weight is 618 g/mol. The summed E-state index contributed by atoms with van der Waals surface area (Å²) in [5, 5.41) is 24.9. The summed E-state index contributed by atoms with van der Waals surface area (Å²) < 4.78 is 37.9. The number of hydrogen-bond donors (Lipinski definition) is 3. The molecule has 0 unspecified atom stereocenters. The Morgan fingerprint density at radius 3 is 1.68 bits per heavy atom. The van der Waals surface area contributed by atoms with Gasteiger partial charge in [-0.05, 0) is 73.5 Å². The average Bonchev–Trinajstić information content (AvgIpc) is 2.99. The number of carboxylic acids is 3. The van der Waals surface area contributed by atoms with Crippen molar-refractivity contribution in [2.24, 2.45) is 0 Å². The number of carboxylic acid groups (broad SMARTS) is 3. The van der Waals surface area contributed by atoms with Crippen molar-refractivity contribution in [3.63, 3.8) is 0 Å². The molecule has 0 spiro atoms. The first-order chi connectivity index (χ1) is 21.0. The van der Waals surface area contributed by atoms with Gasteiger partial charge in [0, 0.05) is 19.4 Å². The highest BCUT2D eigenvalue weighted by atomic mass is 19.4. The molecule has 3 rings (SSSR count). The third-order valence-electron chi connectivity index (χ3n) is 6.60. The Kier molecular flexibility index (Phi) is 15.5. The maximum absolute atomic E-state index is 10.8. The molecule has 3 aromatic carbocycles. The van der Waals surface area contributed by atoms with Crippen LogP contribution >= 0.6 is 0 Å². The monoisotopic (exact) mass is 617 g/mol. The molecule has 0 saturated heterocycles. The van der Waals surface area contributed by atoms with Gasteiger partial charge in [0.05, 0.1) is 0 Å². The number of nitrogens with zero attached hydrogens (tertiary/aromatic N) is 1. The maximum Gasteiger partial charge on any atom is 0.490 e. The van der Waals surface area contributed by atoms with Crippen molar-refractivity contribution in [1.29, 1.82) is 0 Å². The lowest BCUT2D eigenvalue weighted by Gasteiger charge is -2.23. The Labute approximate surface area is 254 Å². The van der Waals surface area contributed by atoms with Gasteiger partial charge in [0.25, 0.3) is 0 Å². The number of unbranched alkanes of at least 4 members (excludes halogenated alkanes) is 2. The second-order valence-corrected chi connectivity index (χ2v) is 10.1. The number of rotatable bonds is 17. The molecule has 0 bridgehead atoms. The molecule has 3 aromatic rings. The quantitative estimate of drug-likeness (QED) is 0.140. The van der Waals surface area contributed by atoms with Crippen molar-refractivity contribution >= 4 is 17.9 Å². The molecule has 44 heavy (non-hydrogen) atoms. The van der Waals surface area contributed by atoms with Crippen LogP contribution in [0.25, 0.3) is 11.1 Å². The number of para-hydroxylation sites is 1. The highest BCUT2D eigenvalue weighted by Crippen LogP contribution is 2.23. The second-order valence-electron chi connectivity index (χ2n) is 10.1. The molecule has 11 heteroatoms. The van der Waals surface area contributed by atoms with Crippen LogP contribution < -0.4 is 4.74 Å². The minimum atomic E-state index is -5.08. The number of ether oxygens (including phenoxy) is 1. The third-order valence-corrected chi connectivity index (χ3v) is 6.60. The predicted molar refractivity (Wildman–Crippen MR) is 159 cm³/mol. The summed E-state index contributed by atoms with van der Waals surface area (Å²) in [6.45, 7) is 2.90. The lowest BCUT2D eigenvalue weighted by molar-refractivity contribution is -0.192. The van der Waals surface area contributed by atoms with Gasteiger partial charge < -0.3 is 25.0 Å². The van der Waals surface area contributed by atoms with Gasteiger partial charge in [0.15, 0.2) is 0 Å². The molecular formula is C33H38F3NO7. The van der Waals surface area contributed by atoms with Crippen LogP contribution in [0.15, 0.2) is 78.9 Å². The van der Waals surface area contributed by atoms with E-state index in [1.165, 1.54) is 11.1 Å². The van der Waals surface area contributed by atoms with Crippen molar-refractivity contribution in [2.45, 2.75) is 57.7 Å². The molecule has 0 aliphatic rings. The van der Waals surface area contributed by atoms with Gasteiger partial charge in [0.2, 0.25) is 0 Å². The molecule has 3 N–H and O–H groups in total. The molecule has 0 aliphatic carbocycles. The first-order valence-corrected chi connectivity index (χ1v) is 14.3. The lowest BCUT2D eigenvalue weighted by atomic mass is 10.0. The fraction of sp³-hybridized carbons (Fsp3) is 0.364. The maximum atomic E-state index is 10.8. The SMILES string of the molecule is O=C(O)C(F)(F)F.O=C(O)CCCCN(CCCCC(=O)O)CCc1ccccc1OCc1ccc(-c2ccccc2)cc1. The summed E-state index contributed by atoms with van der Waals surface area (Å²) in [5.41, 5.74) is 4.60. The van der Waals surface area contributed by atoms with E-state index in [-0.39, 0.29) is 12.8 Å². The van der Waals surface area contributed by atoms with Gasteiger partial charge >= 0.3 is 24.1 Å². The van der Waals surface area contributed by atoms with Crippen LogP contribution in [-0.2, 0) is 27.4 Å². The minimum absolute atomic E-state index is 0.176. The Hall–Kier alpha value is -4.38. The van der Waals surface area contributed by atoms with Gasteiger partial charge in [0.1, 0.15) is 12.4 Å². The van der Waals surface area contributed by atoms with E-state index in [0.717, 1.165) is 55.8 Å². The van der Waals surface area contributed by atoms with E-state index < -0.39 is 24.1 Å². The number of aliphatic carboxylic acids is 3. The van der Waals surface area contributed by atoms with Crippen molar-refractivity contribution in [1.82, 2.24) is 4.90 Å². The fourth-order valence-electron chi connectivity index (χ4n) is 4.27. The Morgan fingerprint density at radius 2 is 1.16 bits per heavy atom. The Morgan fingerprint density at radius 1 is 0.659 bits per heavy atom.